The fraction of sp³-hybridized carbons (Fsp3) is 0.143. The number of hydrogen-bond donors (Lipinski definition) is 1. The zero-order valence-corrected chi connectivity index (χ0v) is 15.7. The Bertz CT molecular complexity index is 1100. The lowest BCUT2D eigenvalue weighted by Crippen LogP contribution is -2.21. The van der Waals surface area contributed by atoms with Gasteiger partial charge in [0, 0.05) is 37.8 Å². The number of carbonyl (C=O) groups excluding carboxylic acids is 1. The quantitative estimate of drug-likeness (QED) is 0.583. The van der Waals surface area contributed by atoms with Gasteiger partial charge in [0.05, 0.1) is 5.69 Å². The molecule has 4 rings (SSSR count). The van der Waals surface area contributed by atoms with E-state index in [9.17, 15) is 4.79 Å². The van der Waals surface area contributed by atoms with Gasteiger partial charge in [-0.3, -0.25) is 4.79 Å². The maximum atomic E-state index is 11.7. The molecular formula is C21H20N6O. The highest BCUT2D eigenvalue weighted by Gasteiger charge is 2.13. The fourth-order valence-corrected chi connectivity index (χ4v) is 3.09. The Labute approximate surface area is 162 Å². The van der Waals surface area contributed by atoms with Crippen molar-refractivity contribution < 1.29 is 4.79 Å². The minimum Gasteiger partial charge on any atom is -0.355 e. The molecule has 2 heterocycles. The average Bonchev–Trinajstić information content (AvgIpc) is 3.22. The second-order valence-electron chi connectivity index (χ2n) is 6.47. The Morgan fingerprint density at radius 1 is 1.11 bits per heavy atom. The molecule has 28 heavy (non-hydrogen) atoms. The molecule has 1 N–H and O–H groups in total. The van der Waals surface area contributed by atoms with Crippen LogP contribution in [0.15, 0.2) is 67.0 Å². The Hall–Kier alpha value is -3.74. The number of rotatable bonds is 5. The summed E-state index contributed by atoms with van der Waals surface area (Å²) in [5.41, 5.74) is 3.60. The van der Waals surface area contributed by atoms with Crippen molar-refractivity contribution in [3.8, 4) is 11.3 Å². The first-order valence-electron chi connectivity index (χ1n) is 8.94. The topological polar surface area (TPSA) is 75.4 Å². The van der Waals surface area contributed by atoms with E-state index in [1.54, 1.807) is 11.6 Å². The van der Waals surface area contributed by atoms with Gasteiger partial charge in [0.2, 0.25) is 0 Å². The summed E-state index contributed by atoms with van der Waals surface area (Å²) in [5.74, 6) is 1.35. The molecule has 0 aliphatic carbocycles. The summed E-state index contributed by atoms with van der Waals surface area (Å²) in [4.78, 5) is 22.7. The van der Waals surface area contributed by atoms with Crippen LogP contribution in [0.5, 0.6) is 0 Å². The molecule has 4 aromatic rings. The summed E-state index contributed by atoms with van der Waals surface area (Å²) < 4.78 is 1.73. The average molecular weight is 372 g/mol. The molecular weight excluding hydrogens is 352 g/mol. The molecule has 0 aliphatic heterocycles. The first-order chi connectivity index (χ1) is 13.7. The largest absolute Gasteiger partial charge is 0.355 e. The molecule has 1 amide bonds. The highest BCUT2D eigenvalue weighted by atomic mass is 16.1. The zero-order chi connectivity index (χ0) is 19.5. The molecule has 0 saturated heterocycles. The van der Waals surface area contributed by atoms with Gasteiger partial charge in [-0.05, 0) is 17.7 Å². The van der Waals surface area contributed by atoms with E-state index in [1.165, 1.54) is 6.33 Å². The maximum absolute atomic E-state index is 11.7. The van der Waals surface area contributed by atoms with Crippen molar-refractivity contribution >= 4 is 17.5 Å². The lowest BCUT2D eigenvalue weighted by Gasteiger charge is -2.20. The molecule has 0 fully saturated rings. The van der Waals surface area contributed by atoms with Gasteiger partial charge in [0.15, 0.2) is 0 Å². The number of anilines is 1. The molecule has 2 aromatic carbocycles. The molecule has 0 atom stereocenters. The summed E-state index contributed by atoms with van der Waals surface area (Å²) in [6.45, 7) is 0.654. The van der Waals surface area contributed by atoms with Crippen LogP contribution in [0, 0.1) is 0 Å². The van der Waals surface area contributed by atoms with Crippen LogP contribution < -0.4 is 10.2 Å². The molecule has 0 unspecified atom stereocenters. The number of amides is 1. The Balaban J connectivity index is 1.66. The molecule has 0 saturated carbocycles. The second-order valence-corrected chi connectivity index (χ2v) is 6.47. The maximum Gasteiger partial charge on any atom is 0.254 e. The number of benzene rings is 2. The number of fused-ring (bicyclic) bond motifs is 1. The van der Waals surface area contributed by atoms with E-state index < -0.39 is 0 Å². The molecule has 7 heteroatoms. The molecule has 0 radical (unpaired) electrons. The lowest BCUT2D eigenvalue weighted by molar-refractivity contribution is 0.0963. The van der Waals surface area contributed by atoms with Crippen molar-refractivity contribution in [3.63, 3.8) is 0 Å². The first kappa shape index (κ1) is 17.7. The van der Waals surface area contributed by atoms with Gasteiger partial charge < -0.3 is 10.2 Å². The predicted molar refractivity (Wildman–Crippen MR) is 108 cm³/mol. The van der Waals surface area contributed by atoms with Gasteiger partial charge in [0.1, 0.15) is 12.1 Å². The highest BCUT2D eigenvalue weighted by molar-refractivity contribution is 5.93. The van der Waals surface area contributed by atoms with E-state index >= 15 is 0 Å². The number of carbonyl (C=O) groups is 1. The van der Waals surface area contributed by atoms with Crippen LogP contribution in [0.2, 0.25) is 0 Å². The van der Waals surface area contributed by atoms with Crippen LogP contribution in [0.4, 0.5) is 5.82 Å². The third kappa shape index (κ3) is 3.42. The van der Waals surface area contributed by atoms with Crippen molar-refractivity contribution in [1.29, 1.82) is 0 Å². The van der Waals surface area contributed by atoms with Gasteiger partial charge in [-0.1, -0.05) is 42.5 Å². The van der Waals surface area contributed by atoms with Crippen molar-refractivity contribution in [2.75, 3.05) is 19.0 Å². The molecule has 0 spiro atoms. The van der Waals surface area contributed by atoms with Gasteiger partial charge in [-0.15, -0.1) is 0 Å². The van der Waals surface area contributed by atoms with Crippen LogP contribution in [0.3, 0.4) is 0 Å². The predicted octanol–water partition coefficient (Wildman–Crippen LogP) is 2.79. The van der Waals surface area contributed by atoms with E-state index in [0.717, 1.165) is 22.6 Å². The van der Waals surface area contributed by atoms with E-state index in [-0.39, 0.29) is 5.91 Å². The van der Waals surface area contributed by atoms with Gasteiger partial charge >= 0.3 is 0 Å². The number of nitrogens with zero attached hydrogens (tertiary/aromatic N) is 5. The summed E-state index contributed by atoms with van der Waals surface area (Å²) in [7, 11) is 3.62. The number of hydrogen-bond acceptors (Lipinski definition) is 5. The Morgan fingerprint density at radius 3 is 2.57 bits per heavy atom. The van der Waals surface area contributed by atoms with Crippen molar-refractivity contribution in [1.82, 2.24) is 24.9 Å². The minimum atomic E-state index is -0.0918. The van der Waals surface area contributed by atoms with Gasteiger partial charge in [-0.25, -0.2) is 4.98 Å². The van der Waals surface area contributed by atoms with Crippen LogP contribution >= 0.6 is 0 Å². The third-order valence-electron chi connectivity index (χ3n) is 4.56. The zero-order valence-electron chi connectivity index (χ0n) is 15.7. The summed E-state index contributed by atoms with van der Waals surface area (Å²) in [5, 5.41) is 6.94. The van der Waals surface area contributed by atoms with E-state index in [2.05, 4.69) is 25.3 Å². The number of nitrogens with one attached hydrogen (secondary N) is 1. The number of aromatic nitrogens is 4. The van der Waals surface area contributed by atoms with Gasteiger partial charge in [-0.2, -0.15) is 14.6 Å². The summed E-state index contributed by atoms with van der Waals surface area (Å²) in [6.07, 6.45) is 1.51. The monoisotopic (exact) mass is 372 g/mol. The highest BCUT2D eigenvalue weighted by Crippen LogP contribution is 2.24. The standard InChI is InChI=1S/C21H20N6O/c1-22-20(28)17-10-8-15(9-11-17)13-26(2)19-12-18(16-6-4-3-5-7-16)25-21-23-14-24-27(19)21/h3-12,14H,13H2,1-2H3,(H,22,28). The third-order valence-corrected chi connectivity index (χ3v) is 4.56. The van der Waals surface area contributed by atoms with Crippen LogP contribution in [0.25, 0.3) is 17.0 Å². The van der Waals surface area contributed by atoms with Crippen LogP contribution in [0.1, 0.15) is 15.9 Å². The molecule has 2 aromatic heterocycles. The van der Waals surface area contributed by atoms with Crippen molar-refractivity contribution in [2.45, 2.75) is 6.54 Å². The molecule has 0 bridgehead atoms. The SMILES string of the molecule is CNC(=O)c1ccc(CN(C)c2cc(-c3ccccc3)nc3ncnn23)cc1. The smallest absolute Gasteiger partial charge is 0.254 e. The lowest BCUT2D eigenvalue weighted by atomic mass is 10.1. The van der Waals surface area contributed by atoms with Crippen molar-refractivity contribution in [2.24, 2.45) is 0 Å². The van der Waals surface area contributed by atoms with E-state index in [4.69, 9.17) is 0 Å². The molecule has 140 valence electrons. The second kappa shape index (κ2) is 7.48. The Kier molecular flexibility index (Phi) is 4.72. The summed E-state index contributed by atoms with van der Waals surface area (Å²) >= 11 is 0. The molecule has 7 nitrogen and oxygen atoms in total. The van der Waals surface area contributed by atoms with Gasteiger partial charge in [0.25, 0.3) is 11.7 Å². The van der Waals surface area contributed by atoms with E-state index in [0.29, 0.717) is 17.9 Å². The van der Waals surface area contributed by atoms with E-state index in [1.807, 2.05) is 67.7 Å². The first-order valence-corrected chi connectivity index (χ1v) is 8.94. The molecule has 0 aliphatic rings. The Morgan fingerprint density at radius 2 is 1.86 bits per heavy atom. The van der Waals surface area contributed by atoms with Crippen molar-refractivity contribution in [3.05, 3.63) is 78.1 Å². The fourth-order valence-electron chi connectivity index (χ4n) is 3.09. The summed E-state index contributed by atoms with van der Waals surface area (Å²) in [6, 6.07) is 19.6. The van der Waals surface area contributed by atoms with Crippen LogP contribution in [-0.4, -0.2) is 39.6 Å². The minimum absolute atomic E-state index is 0.0918. The normalized spacial score (nSPS) is 10.8. The van der Waals surface area contributed by atoms with Crippen LogP contribution in [-0.2, 0) is 6.54 Å².